The summed E-state index contributed by atoms with van der Waals surface area (Å²) in [6, 6.07) is 0. The van der Waals surface area contributed by atoms with Crippen LogP contribution in [-0.2, 0) is 8.85 Å². The van der Waals surface area contributed by atoms with Gasteiger partial charge in [0.25, 0.3) is 0 Å². The van der Waals surface area contributed by atoms with Crippen LogP contribution >= 0.6 is 0 Å². The summed E-state index contributed by atoms with van der Waals surface area (Å²) in [6.07, 6.45) is 15.3. The van der Waals surface area contributed by atoms with Crippen LogP contribution in [0.1, 0.15) is 70.6 Å². The lowest BCUT2D eigenvalue weighted by Gasteiger charge is -2.36. The van der Waals surface area contributed by atoms with E-state index in [9.17, 15) is 0 Å². The molecule has 0 aromatic carbocycles. The molecule has 106 valence electrons. The summed E-state index contributed by atoms with van der Waals surface area (Å²) in [5.41, 5.74) is 1.54. The molecule has 2 aliphatic rings. The number of hydrogen-bond acceptors (Lipinski definition) is 2. The molecular formula is C15H30O2Si. The van der Waals surface area contributed by atoms with E-state index in [1.165, 1.54) is 70.6 Å². The Hall–Kier alpha value is 0.137. The maximum absolute atomic E-state index is 6.04. The third-order valence-corrected chi connectivity index (χ3v) is 9.67. The van der Waals surface area contributed by atoms with Crippen LogP contribution in [0.4, 0.5) is 0 Å². The van der Waals surface area contributed by atoms with Crippen molar-refractivity contribution in [1.29, 1.82) is 0 Å². The first kappa shape index (κ1) is 14.5. The van der Waals surface area contributed by atoms with Crippen molar-refractivity contribution in [2.45, 2.75) is 81.7 Å². The molecule has 2 fully saturated rings. The normalized spacial score (nSPS) is 25.0. The first-order chi connectivity index (χ1) is 8.83. The Morgan fingerprint density at radius 2 is 1.00 bits per heavy atom. The number of rotatable bonds is 4. The van der Waals surface area contributed by atoms with Crippen LogP contribution < -0.4 is 0 Å². The van der Waals surface area contributed by atoms with Crippen molar-refractivity contribution in [2.24, 2.45) is 0 Å². The highest BCUT2D eigenvalue weighted by Crippen LogP contribution is 2.53. The van der Waals surface area contributed by atoms with E-state index in [0.29, 0.717) is 0 Å². The summed E-state index contributed by atoms with van der Waals surface area (Å²) < 4.78 is 12.1. The fourth-order valence-electron chi connectivity index (χ4n) is 3.78. The van der Waals surface area contributed by atoms with Gasteiger partial charge in [0.2, 0.25) is 0 Å². The van der Waals surface area contributed by atoms with Gasteiger partial charge in [0.1, 0.15) is 0 Å². The first-order valence-electron chi connectivity index (χ1n) is 7.94. The second kappa shape index (κ2) is 7.06. The van der Waals surface area contributed by atoms with E-state index in [1.807, 2.05) is 14.2 Å². The summed E-state index contributed by atoms with van der Waals surface area (Å²) in [6.45, 7) is 0. The molecule has 18 heavy (non-hydrogen) atoms. The van der Waals surface area contributed by atoms with E-state index in [0.717, 1.165) is 11.1 Å². The SMILES string of the molecule is CO[Si](OC)(C1CCCCCCCCC1)C1CC1. The molecule has 0 amide bonds. The van der Waals surface area contributed by atoms with Crippen LogP contribution in [0.3, 0.4) is 0 Å². The monoisotopic (exact) mass is 270 g/mol. The van der Waals surface area contributed by atoms with Crippen molar-refractivity contribution in [2.75, 3.05) is 14.2 Å². The van der Waals surface area contributed by atoms with Gasteiger partial charge in [-0.25, -0.2) is 0 Å². The van der Waals surface area contributed by atoms with Gasteiger partial charge in [-0.2, -0.15) is 0 Å². The average molecular weight is 270 g/mol. The van der Waals surface area contributed by atoms with E-state index in [-0.39, 0.29) is 0 Å². The van der Waals surface area contributed by atoms with Crippen molar-refractivity contribution in [3.05, 3.63) is 0 Å². The fraction of sp³-hybridized carbons (Fsp3) is 1.00. The number of hydrogen-bond donors (Lipinski definition) is 0. The molecule has 0 spiro atoms. The lowest BCUT2D eigenvalue weighted by atomic mass is 10.0. The molecule has 0 aromatic heterocycles. The van der Waals surface area contributed by atoms with Crippen molar-refractivity contribution in [1.82, 2.24) is 0 Å². The smallest absolute Gasteiger partial charge is 0.344 e. The van der Waals surface area contributed by atoms with E-state index >= 15 is 0 Å². The minimum atomic E-state index is -1.90. The standard InChI is InChI=1S/C15H30O2Si/c1-16-18(17-2,15-12-13-15)14-10-8-6-4-3-5-7-9-11-14/h14-15H,3-13H2,1-2H3. The molecule has 0 heterocycles. The fourth-order valence-corrected chi connectivity index (χ4v) is 8.13. The van der Waals surface area contributed by atoms with Gasteiger partial charge in [0.05, 0.1) is 0 Å². The molecule has 3 heteroatoms. The molecule has 2 aliphatic carbocycles. The van der Waals surface area contributed by atoms with Crippen molar-refractivity contribution in [3.63, 3.8) is 0 Å². The highest BCUT2D eigenvalue weighted by atomic mass is 28.4. The summed E-state index contributed by atoms with van der Waals surface area (Å²) in [7, 11) is 1.92. The maximum atomic E-state index is 6.04. The van der Waals surface area contributed by atoms with Gasteiger partial charge in [-0.1, -0.05) is 44.9 Å². The van der Waals surface area contributed by atoms with Gasteiger partial charge < -0.3 is 8.85 Å². The molecule has 0 unspecified atom stereocenters. The molecule has 0 N–H and O–H groups in total. The van der Waals surface area contributed by atoms with Crippen LogP contribution in [0.25, 0.3) is 0 Å². The van der Waals surface area contributed by atoms with E-state index in [2.05, 4.69) is 0 Å². The van der Waals surface area contributed by atoms with Crippen LogP contribution in [0, 0.1) is 0 Å². The Bertz CT molecular complexity index is 227. The first-order valence-corrected chi connectivity index (χ1v) is 9.91. The zero-order chi connectivity index (χ0) is 12.8. The second-order valence-electron chi connectivity index (χ2n) is 6.15. The Morgan fingerprint density at radius 3 is 1.39 bits per heavy atom. The average Bonchev–Trinajstić information content (AvgIpc) is 3.24. The van der Waals surface area contributed by atoms with Crippen LogP contribution in [-0.4, -0.2) is 22.8 Å². The molecule has 2 saturated carbocycles. The zero-order valence-electron chi connectivity index (χ0n) is 12.2. The van der Waals surface area contributed by atoms with Gasteiger partial charge in [-0.15, -0.1) is 0 Å². The van der Waals surface area contributed by atoms with Gasteiger partial charge in [0, 0.05) is 25.3 Å². The lowest BCUT2D eigenvalue weighted by molar-refractivity contribution is 0.218. The van der Waals surface area contributed by atoms with Gasteiger partial charge in [-0.3, -0.25) is 0 Å². The summed E-state index contributed by atoms with van der Waals surface area (Å²) in [5.74, 6) is 0. The largest absolute Gasteiger partial charge is 0.397 e. The van der Waals surface area contributed by atoms with Gasteiger partial charge >= 0.3 is 8.56 Å². The highest BCUT2D eigenvalue weighted by Gasteiger charge is 2.55. The van der Waals surface area contributed by atoms with Crippen molar-refractivity contribution < 1.29 is 8.85 Å². The molecule has 0 atom stereocenters. The summed E-state index contributed by atoms with van der Waals surface area (Å²) in [5, 5.41) is 0. The van der Waals surface area contributed by atoms with Gasteiger partial charge in [-0.05, 0) is 25.7 Å². The second-order valence-corrected chi connectivity index (χ2v) is 10.0. The third kappa shape index (κ3) is 3.37. The third-order valence-electron chi connectivity index (χ3n) is 4.96. The topological polar surface area (TPSA) is 18.5 Å². The summed E-state index contributed by atoms with van der Waals surface area (Å²) in [4.78, 5) is 0. The molecule has 0 radical (unpaired) electrons. The molecule has 0 aromatic rings. The minimum Gasteiger partial charge on any atom is -0.397 e. The Balaban J connectivity index is 2.00. The minimum absolute atomic E-state index is 0.748. The predicted octanol–water partition coefficient (Wildman–Crippen LogP) is 4.78. The zero-order valence-corrected chi connectivity index (χ0v) is 13.2. The molecule has 0 saturated heterocycles. The van der Waals surface area contributed by atoms with Crippen LogP contribution in [0.5, 0.6) is 0 Å². The van der Waals surface area contributed by atoms with E-state index in [4.69, 9.17) is 8.85 Å². The molecule has 0 aliphatic heterocycles. The Kier molecular flexibility index (Phi) is 5.71. The van der Waals surface area contributed by atoms with E-state index < -0.39 is 8.56 Å². The summed E-state index contributed by atoms with van der Waals surface area (Å²) >= 11 is 0. The lowest BCUT2D eigenvalue weighted by Crippen LogP contribution is -2.46. The van der Waals surface area contributed by atoms with Crippen LogP contribution in [0.15, 0.2) is 0 Å². The van der Waals surface area contributed by atoms with Crippen molar-refractivity contribution in [3.8, 4) is 0 Å². The quantitative estimate of drug-likeness (QED) is 0.684. The Morgan fingerprint density at radius 1 is 0.611 bits per heavy atom. The maximum Gasteiger partial charge on any atom is 0.344 e. The predicted molar refractivity (Wildman–Crippen MR) is 78.1 cm³/mol. The Labute approximate surface area is 114 Å². The van der Waals surface area contributed by atoms with Gasteiger partial charge in [0.15, 0.2) is 0 Å². The van der Waals surface area contributed by atoms with Crippen LogP contribution in [0.2, 0.25) is 11.1 Å². The molecular weight excluding hydrogens is 240 g/mol. The molecule has 2 nitrogen and oxygen atoms in total. The highest BCUT2D eigenvalue weighted by molar-refractivity contribution is 6.71. The van der Waals surface area contributed by atoms with Crippen molar-refractivity contribution >= 4 is 8.56 Å². The molecule has 2 rings (SSSR count). The molecule has 0 bridgehead atoms. The van der Waals surface area contributed by atoms with E-state index in [1.54, 1.807) is 0 Å².